The Hall–Kier alpha value is -1.93. The van der Waals surface area contributed by atoms with E-state index in [-0.39, 0.29) is 10.8 Å². The number of aryl methyl sites for hydroxylation is 2. The van der Waals surface area contributed by atoms with Crippen LogP contribution in [0.25, 0.3) is 0 Å². The van der Waals surface area contributed by atoms with Crippen LogP contribution in [0.2, 0.25) is 0 Å². The van der Waals surface area contributed by atoms with Gasteiger partial charge < -0.3 is 4.90 Å². The number of sulfone groups is 1. The maximum absolute atomic E-state index is 12.5. The lowest BCUT2D eigenvalue weighted by molar-refractivity contribution is -0.118. The molecule has 2 rings (SSSR count). The predicted molar refractivity (Wildman–Crippen MR) is 105 cm³/mol. The third-order valence-electron chi connectivity index (χ3n) is 4.20. The van der Waals surface area contributed by atoms with Crippen LogP contribution in [-0.4, -0.2) is 43.9 Å². The van der Waals surface area contributed by atoms with Gasteiger partial charge in [-0.1, -0.05) is 11.8 Å². The molecule has 0 saturated heterocycles. The molecule has 1 amide bonds. The van der Waals surface area contributed by atoms with Crippen molar-refractivity contribution in [2.45, 2.75) is 36.7 Å². The Morgan fingerprint density at radius 2 is 1.65 bits per heavy atom. The van der Waals surface area contributed by atoms with Gasteiger partial charge in [0.15, 0.2) is 15.0 Å². The number of aromatic nitrogens is 2. The molecular weight excluding hydrogens is 370 g/mol. The number of hydrogen-bond donors (Lipinski definition) is 0. The Morgan fingerprint density at radius 3 is 2.12 bits per heavy atom. The summed E-state index contributed by atoms with van der Waals surface area (Å²) in [5.41, 5.74) is 3.45. The first-order valence-electron chi connectivity index (χ1n) is 8.08. The Bertz CT molecular complexity index is 887. The van der Waals surface area contributed by atoms with E-state index in [9.17, 15) is 13.2 Å². The highest BCUT2D eigenvalue weighted by atomic mass is 32.2. The molecule has 8 heteroatoms. The summed E-state index contributed by atoms with van der Waals surface area (Å²) in [4.78, 5) is 23.2. The van der Waals surface area contributed by atoms with Crippen LogP contribution in [0.15, 0.2) is 34.3 Å². The summed E-state index contributed by atoms with van der Waals surface area (Å²) in [6.07, 6.45) is 3.98. The summed E-state index contributed by atoms with van der Waals surface area (Å²) in [5, 5.41) is 0.734. The van der Waals surface area contributed by atoms with Gasteiger partial charge in [-0.2, -0.15) is 0 Å². The van der Waals surface area contributed by atoms with Crippen LogP contribution in [-0.2, 0) is 21.1 Å². The normalized spacial score (nSPS) is 11.4. The van der Waals surface area contributed by atoms with Gasteiger partial charge in [-0.15, -0.1) is 0 Å². The van der Waals surface area contributed by atoms with Crippen LogP contribution in [0.5, 0.6) is 0 Å². The molecular formula is C18H23N3O3S2. The van der Waals surface area contributed by atoms with Crippen molar-refractivity contribution in [3.8, 4) is 0 Å². The van der Waals surface area contributed by atoms with Gasteiger partial charge in [0.05, 0.1) is 4.90 Å². The molecule has 26 heavy (non-hydrogen) atoms. The summed E-state index contributed by atoms with van der Waals surface area (Å²) < 4.78 is 23.0. The van der Waals surface area contributed by atoms with Crippen LogP contribution in [0, 0.1) is 13.8 Å². The molecule has 140 valence electrons. The SMILES string of the molecule is CSc1nc(C)c(CCC(=O)N(C)c2ccc(S(C)(=O)=O)cc2)c(C)n1. The van der Waals surface area contributed by atoms with Crippen molar-refractivity contribution in [3.63, 3.8) is 0 Å². The lowest BCUT2D eigenvalue weighted by Crippen LogP contribution is -2.26. The lowest BCUT2D eigenvalue weighted by atomic mass is 10.1. The van der Waals surface area contributed by atoms with Crippen molar-refractivity contribution in [2.24, 2.45) is 0 Å². The number of carbonyl (C=O) groups excluding carboxylic acids is 1. The molecule has 1 aromatic carbocycles. The number of hydrogen-bond acceptors (Lipinski definition) is 6. The first-order chi connectivity index (χ1) is 12.1. The minimum Gasteiger partial charge on any atom is -0.315 e. The number of amides is 1. The molecule has 0 bridgehead atoms. The highest BCUT2D eigenvalue weighted by molar-refractivity contribution is 7.98. The van der Waals surface area contributed by atoms with Crippen LogP contribution < -0.4 is 4.90 Å². The Balaban J connectivity index is 2.08. The number of carbonyl (C=O) groups is 1. The minimum absolute atomic E-state index is 0.0511. The van der Waals surface area contributed by atoms with Crippen molar-refractivity contribution >= 4 is 33.2 Å². The average molecular weight is 394 g/mol. The number of nitrogens with zero attached hydrogens (tertiary/aromatic N) is 3. The van der Waals surface area contributed by atoms with Crippen molar-refractivity contribution in [1.29, 1.82) is 0 Å². The molecule has 1 heterocycles. The van der Waals surface area contributed by atoms with E-state index < -0.39 is 9.84 Å². The van der Waals surface area contributed by atoms with Crippen LogP contribution >= 0.6 is 11.8 Å². The van der Waals surface area contributed by atoms with Crippen LogP contribution in [0.4, 0.5) is 5.69 Å². The van der Waals surface area contributed by atoms with Gasteiger partial charge in [0, 0.05) is 36.8 Å². The van der Waals surface area contributed by atoms with Gasteiger partial charge in [0.25, 0.3) is 0 Å². The highest BCUT2D eigenvalue weighted by Crippen LogP contribution is 2.20. The fourth-order valence-electron chi connectivity index (χ4n) is 2.62. The van der Waals surface area contributed by atoms with Crippen molar-refractivity contribution in [2.75, 3.05) is 24.5 Å². The van der Waals surface area contributed by atoms with E-state index in [1.807, 2.05) is 20.1 Å². The van der Waals surface area contributed by atoms with E-state index in [2.05, 4.69) is 9.97 Å². The largest absolute Gasteiger partial charge is 0.315 e. The minimum atomic E-state index is -3.25. The molecule has 0 aliphatic rings. The number of anilines is 1. The summed E-state index contributed by atoms with van der Waals surface area (Å²) in [6, 6.07) is 6.30. The zero-order valence-corrected chi connectivity index (χ0v) is 17.2. The molecule has 6 nitrogen and oxygen atoms in total. The van der Waals surface area contributed by atoms with E-state index >= 15 is 0 Å². The van der Waals surface area contributed by atoms with E-state index in [1.165, 1.54) is 28.8 Å². The number of rotatable bonds is 6. The second kappa shape index (κ2) is 8.18. The fraction of sp³-hybridized carbons (Fsp3) is 0.389. The van der Waals surface area contributed by atoms with Crippen LogP contribution in [0.1, 0.15) is 23.4 Å². The van der Waals surface area contributed by atoms with Crippen LogP contribution in [0.3, 0.4) is 0 Å². The first-order valence-corrected chi connectivity index (χ1v) is 11.2. The number of thioether (sulfide) groups is 1. The molecule has 1 aromatic heterocycles. The second-order valence-corrected chi connectivity index (χ2v) is 8.87. The highest BCUT2D eigenvalue weighted by Gasteiger charge is 2.15. The topological polar surface area (TPSA) is 80.2 Å². The molecule has 0 saturated carbocycles. The third kappa shape index (κ3) is 4.82. The van der Waals surface area contributed by atoms with Gasteiger partial charge in [-0.25, -0.2) is 18.4 Å². The molecule has 0 aliphatic heterocycles. The molecule has 0 N–H and O–H groups in total. The zero-order chi connectivity index (χ0) is 19.5. The maximum Gasteiger partial charge on any atom is 0.227 e. The maximum atomic E-state index is 12.5. The second-order valence-electron chi connectivity index (χ2n) is 6.08. The summed E-state index contributed by atoms with van der Waals surface area (Å²) >= 11 is 1.49. The Kier molecular flexibility index (Phi) is 6.41. The summed E-state index contributed by atoms with van der Waals surface area (Å²) in [6.45, 7) is 3.86. The summed E-state index contributed by atoms with van der Waals surface area (Å²) in [7, 11) is -1.56. The predicted octanol–water partition coefficient (Wildman–Crippen LogP) is 2.81. The summed E-state index contributed by atoms with van der Waals surface area (Å²) in [5.74, 6) is -0.0511. The van der Waals surface area contributed by atoms with Gasteiger partial charge in [0.1, 0.15) is 0 Å². The van der Waals surface area contributed by atoms with Gasteiger partial charge in [-0.05, 0) is 56.4 Å². The zero-order valence-electron chi connectivity index (χ0n) is 15.6. The molecule has 2 aromatic rings. The van der Waals surface area contributed by atoms with E-state index in [4.69, 9.17) is 0 Å². The van der Waals surface area contributed by atoms with Gasteiger partial charge in [-0.3, -0.25) is 4.79 Å². The van der Waals surface area contributed by atoms with Crippen molar-refractivity contribution in [1.82, 2.24) is 9.97 Å². The van der Waals surface area contributed by atoms with Crippen molar-refractivity contribution < 1.29 is 13.2 Å². The third-order valence-corrected chi connectivity index (χ3v) is 5.87. The molecule has 0 radical (unpaired) electrons. The Labute approximate surface area is 159 Å². The molecule has 0 fully saturated rings. The smallest absolute Gasteiger partial charge is 0.227 e. The molecule has 0 unspecified atom stereocenters. The molecule has 0 atom stereocenters. The van der Waals surface area contributed by atoms with Gasteiger partial charge in [0.2, 0.25) is 5.91 Å². The standard InChI is InChI=1S/C18H23N3O3S2/c1-12-16(13(2)20-18(19-12)25-4)10-11-17(22)21(3)14-6-8-15(9-7-14)26(5,23)24/h6-9H,10-11H2,1-5H3. The van der Waals surface area contributed by atoms with Gasteiger partial charge >= 0.3 is 0 Å². The average Bonchev–Trinajstić information content (AvgIpc) is 2.59. The molecule has 0 spiro atoms. The monoisotopic (exact) mass is 393 g/mol. The lowest BCUT2D eigenvalue weighted by Gasteiger charge is -2.18. The molecule has 0 aliphatic carbocycles. The Morgan fingerprint density at radius 1 is 1.12 bits per heavy atom. The van der Waals surface area contributed by atoms with Crippen molar-refractivity contribution in [3.05, 3.63) is 41.2 Å². The number of benzene rings is 1. The van der Waals surface area contributed by atoms with E-state index in [0.717, 1.165) is 28.4 Å². The van der Waals surface area contributed by atoms with E-state index in [1.54, 1.807) is 19.2 Å². The first kappa shape index (κ1) is 20.4. The quantitative estimate of drug-likeness (QED) is 0.555. The van der Waals surface area contributed by atoms with E-state index in [0.29, 0.717) is 18.5 Å². The fourth-order valence-corrected chi connectivity index (χ4v) is 3.71.